The van der Waals surface area contributed by atoms with Crippen LogP contribution >= 0.6 is 0 Å². The molecule has 31 heavy (non-hydrogen) atoms. The number of para-hydroxylation sites is 1. The maximum absolute atomic E-state index is 12.7. The Hall–Kier alpha value is -2.70. The molecule has 2 amide bonds. The molecule has 1 aliphatic rings. The van der Waals surface area contributed by atoms with Crippen molar-refractivity contribution in [1.29, 1.82) is 0 Å². The number of rotatable bonds is 7. The summed E-state index contributed by atoms with van der Waals surface area (Å²) in [6, 6.07) is 14.5. The second-order valence-electron chi connectivity index (χ2n) is 8.92. The number of benzene rings is 2. The second-order valence-corrected chi connectivity index (χ2v) is 8.92. The van der Waals surface area contributed by atoms with Crippen molar-refractivity contribution in [2.45, 2.75) is 27.3 Å². The van der Waals surface area contributed by atoms with Gasteiger partial charge in [0.05, 0.1) is 33.2 Å². The average Bonchev–Trinajstić information content (AvgIpc) is 2.73. The molecule has 1 saturated heterocycles. The van der Waals surface area contributed by atoms with Crippen molar-refractivity contribution in [3.05, 3.63) is 64.7 Å². The number of nitrogens with one attached hydrogen (secondary N) is 3. The van der Waals surface area contributed by atoms with Crippen LogP contribution in [-0.2, 0) is 16.1 Å². The van der Waals surface area contributed by atoms with Gasteiger partial charge in [0.2, 0.25) is 0 Å². The first-order chi connectivity index (χ1) is 14.8. The van der Waals surface area contributed by atoms with Gasteiger partial charge < -0.3 is 20.0 Å². The van der Waals surface area contributed by atoms with Crippen molar-refractivity contribution in [2.24, 2.45) is 0 Å². The van der Waals surface area contributed by atoms with E-state index in [1.165, 1.54) is 20.9 Å². The molecule has 3 N–H and O–H groups in total. The largest absolute Gasteiger partial charge is 0.327 e. The van der Waals surface area contributed by atoms with E-state index >= 15 is 0 Å². The lowest BCUT2D eigenvalue weighted by Gasteiger charge is -2.32. The number of likely N-dealkylation sites (N-methyl/N-ethyl adjacent to an activating group) is 1. The van der Waals surface area contributed by atoms with E-state index in [1.807, 2.05) is 36.9 Å². The van der Waals surface area contributed by atoms with Crippen LogP contribution in [-0.4, -0.2) is 63.0 Å². The summed E-state index contributed by atoms with van der Waals surface area (Å²) in [5.41, 5.74) is 5.58. The number of hydrogen-bond acceptors (Lipinski definition) is 2. The highest BCUT2D eigenvalue weighted by atomic mass is 16.2. The zero-order valence-corrected chi connectivity index (χ0v) is 19.3. The smallest absolute Gasteiger partial charge is 0.279 e. The highest BCUT2D eigenvalue weighted by Crippen LogP contribution is 2.18. The average molecular weight is 425 g/mol. The molecule has 0 saturated carbocycles. The van der Waals surface area contributed by atoms with Crippen LogP contribution in [0.3, 0.4) is 0 Å². The number of quaternary nitrogens is 2. The summed E-state index contributed by atoms with van der Waals surface area (Å²) < 4.78 is 0. The third kappa shape index (κ3) is 6.64. The van der Waals surface area contributed by atoms with Gasteiger partial charge in [0.25, 0.3) is 11.8 Å². The van der Waals surface area contributed by atoms with E-state index < -0.39 is 0 Å². The molecule has 1 aliphatic heterocycles. The summed E-state index contributed by atoms with van der Waals surface area (Å²) in [7, 11) is 2.07. The molecule has 0 bridgehead atoms. The van der Waals surface area contributed by atoms with Gasteiger partial charge in [0, 0.05) is 11.3 Å². The van der Waals surface area contributed by atoms with Gasteiger partial charge in [-0.2, -0.15) is 0 Å². The molecule has 1 heterocycles. The van der Waals surface area contributed by atoms with Gasteiger partial charge in [-0.25, -0.2) is 0 Å². The van der Waals surface area contributed by atoms with Crippen LogP contribution in [0.4, 0.5) is 5.69 Å². The summed E-state index contributed by atoms with van der Waals surface area (Å²) in [5, 5.41) is 3.07. The van der Waals surface area contributed by atoms with Crippen molar-refractivity contribution in [1.82, 2.24) is 4.90 Å². The van der Waals surface area contributed by atoms with Gasteiger partial charge in [-0.05, 0) is 31.9 Å². The minimum Gasteiger partial charge on any atom is -0.327 e. The summed E-state index contributed by atoms with van der Waals surface area (Å²) in [6.07, 6.45) is 0. The van der Waals surface area contributed by atoms with Gasteiger partial charge in [-0.1, -0.05) is 48.0 Å². The first-order valence-corrected chi connectivity index (χ1v) is 11.2. The Labute approximate surface area is 185 Å². The molecular formula is C25H36N4O2+2. The molecule has 1 unspecified atom stereocenters. The number of carbonyl (C=O) groups excluding carboxylic acids is 2. The predicted octanol–water partition coefficient (Wildman–Crippen LogP) is -0.00764. The van der Waals surface area contributed by atoms with E-state index in [0.29, 0.717) is 26.2 Å². The van der Waals surface area contributed by atoms with Crippen LogP contribution in [0, 0.1) is 20.8 Å². The Balaban J connectivity index is 1.41. The fraction of sp³-hybridized carbons (Fsp3) is 0.440. The summed E-state index contributed by atoms with van der Waals surface area (Å²) in [4.78, 5) is 29.6. The Bertz CT molecular complexity index is 882. The van der Waals surface area contributed by atoms with Crippen LogP contribution in [0.2, 0.25) is 0 Å². The van der Waals surface area contributed by atoms with E-state index in [1.54, 1.807) is 0 Å². The molecule has 0 radical (unpaired) electrons. The van der Waals surface area contributed by atoms with E-state index in [-0.39, 0.29) is 11.8 Å². The minimum absolute atomic E-state index is 0.0365. The summed E-state index contributed by atoms with van der Waals surface area (Å²) in [6.45, 7) is 10.9. The van der Waals surface area contributed by atoms with E-state index in [0.717, 1.165) is 36.4 Å². The molecule has 0 aromatic heterocycles. The van der Waals surface area contributed by atoms with Gasteiger partial charge in [-0.3, -0.25) is 9.59 Å². The second kappa shape index (κ2) is 10.6. The molecule has 6 nitrogen and oxygen atoms in total. The number of carbonyl (C=O) groups is 2. The zero-order valence-electron chi connectivity index (χ0n) is 19.3. The van der Waals surface area contributed by atoms with E-state index in [9.17, 15) is 9.59 Å². The third-order valence-corrected chi connectivity index (χ3v) is 6.06. The molecule has 1 atom stereocenters. The maximum Gasteiger partial charge on any atom is 0.279 e. The molecule has 2 aromatic carbocycles. The minimum atomic E-state index is 0.0365. The maximum atomic E-state index is 12.7. The van der Waals surface area contributed by atoms with Crippen LogP contribution in [0.15, 0.2) is 42.5 Å². The lowest BCUT2D eigenvalue weighted by Crippen LogP contribution is -3.16. The summed E-state index contributed by atoms with van der Waals surface area (Å²) >= 11 is 0. The SMILES string of the molecule is Cc1ccc(C[NH+](C)CC(=O)N2CC[NH+](CC(=O)Nc3c(C)cccc3C)CC2)cc1. The van der Waals surface area contributed by atoms with E-state index in [2.05, 4.69) is 43.6 Å². The van der Waals surface area contributed by atoms with Crippen molar-refractivity contribution < 1.29 is 19.4 Å². The van der Waals surface area contributed by atoms with Crippen molar-refractivity contribution in [2.75, 3.05) is 51.6 Å². The van der Waals surface area contributed by atoms with Gasteiger partial charge in [0.1, 0.15) is 6.54 Å². The highest BCUT2D eigenvalue weighted by molar-refractivity contribution is 5.93. The molecule has 0 spiro atoms. The number of piperazine rings is 1. The predicted molar refractivity (Wildman–Crippen MR) is 123 cm³/mol. The standard InChI is InChI=1S/C25H34N4O2/c1-19-8-10-22(11-9-19)16-27(4)18-24(31)29-14-12-28(13-15-29)17-23(30)26-25-20(2)6-5-7-21(25)3/h5-11H,12-18H2,1-4H3,(H,26,30)/p+2. The van der Waals surface area contributed by atoms with Crippen LogP contribution in [0.5, 0.6) is 0 Å². The molecule has 3 rings (SSSR count). The third-order valence-electron chi connectivity index (χ3n) is 6.06. The van der Waals surface area contributed by atoms with Crippen molar-refractivity contribution in [3.63, 3.8) is 0 Å². The Kier molecular flexibility index (Phi) is 7.82. The first-order valence-electron chi connectivity index (χ1n) is 11.2. The first kappa shape index (κ1) is 23.0. The Morgan fingerprint density at radius 2 is 1.61 bits per heavy atom. The number of nitrogens with zero attached hydrogens (tertiary/aromatic N) is 1. The fourth-order valence-electron chi connectivity index (χ4n) is 4.16. The number of aryl methyl sites for hydroxylation is 3. The number of amides is 2. The van der Waals surface area contributed by atoms with Crippen LogP contribution < -0.4 is 15.1 Å². The number of hydrogen-bond donors (Lipinski definition) is 3. The van der Waals surface area contributed by atoms with Crippen molar-refractivity contribution >= 4 is 17.5 Å². The Morgan fingerprint density at radius 3 is 2.23 bits per heavy atom. The zero-order chi connectivity index (χ0) is 22.4. The van der Waals surface area contributed by atoms with Crippen LogP contribution in [0.25, 0.3) is 0 Å². The normalized spacial score (nSPS) is 15.5. The molecule has 6 heteroatoms. The molecule has 2 aromatic rings. The fourth-order valence-corrected chi connectivity index (χ4v) is 4.16. The monoisotopic (exact) mass is 424 g/mol. The van der Waals surface area contributed by atoms with Gasteiger partial charge in [-0.15, -0.1) is 0 Å². The molecular weight excluding hydrogens is 388 g/mol. The highest BCUT2D eigenvalue weighted by Gasteiger charge is 2.27. The van der Waals surface area contributed by atoms with E-state index in [4.69, 9.17) is 0 Å². The van der Waals surface area contributed by atoms with Gasteiger partial charge in [0.15, 0.2) is 13.1 Å². The lowest BCUT2D eigenvalue weighted by atomic mass is 10.1. The van der Waals surface area contributed by atoms with Gasteiger partial charge >= 0.3 is 0 Å². The lowest BCUT2D eigenvalue weighted by molar-refractivity contribution is -0.896. The topological polar surface area (TPSA) is 58.3 Å². The quantitative estimate of drug-likeness (QED) is 0.586. The number of anilines is 1. The summed E-state index contributed by atoms with van der Waals surface area (Å²) in [5.74, 6) is 0.234. The van der Waals surface area contributed by atoms with Crippen LogP contribution in [0.1, 0.15) is 22.3 Å². The molecule has 1 fully saturated rings. The molecule has 0 aliphatic carbocycles. The van der Waals surface area contributed by atoms with Crippen molar-refractivity contribution in [3.8, 4) is 0 Å². The Morgan fingerprint density at radius 1 is 1.00 bits per heavy atom. The molecule has 166 valence electrons.